The van der Waals surface area contributed by atoms with E-state index in [1.165, 1.54) is 4.90 Å². The van der Waals surface area contributed by atoms with Crippen molar-refractivity contribution in [3.05, 3.63) is 46.1 Å². The zero-order chi connectivity index (χ0) is 15.6. The van der Waals surface area contributed by atoms with Gasteiger partial charge in [-0.2, -0.15) is 0 Å². The number of halogens is 1. The maximum Gasteiger partial charge on any atom is 0.338 e. The van der Waals surface area contributed by atoms with Crippen molar-refractivity contribution < 1.29 is 14.3 Å². The molecule has 0 radical (unpaired) electrons. The number of esters is 1. The minimum Gasteiger partial charge on any atom is -0.463 e. The molecule has 21 heavy (non-hydrogen) atoms. The predicted molar refractivity (Wildman–Crippen MR) is 79.8 cm³/mol. The molecular weight excluding hydrogens is 292 g/mol. The second-order valence-corrected chi connectivity index (χ2v) is 5.09. The molecule has 1 aromatic rings. The van der Waals surface area contributed by atoms with Gasteiger partial charge in [0.05, 0.1) is 18.2 Å². The Balaban J connectivity index is 2.54. The molecule has 0 bridgehead atoms. The molecule has 0 aliphatic carbocycles. The highest BCUT2D eigenvalue weighted by atomic mass is 35.5. The van der Waals surface area contributed by atoms with Crippen molar-refractivity contribution in [1.82, 2.24) is 10.2 Å². The Morgan fingerprint density at radius 1 is 1.43 bits per heavy atom. The van der Waals surface area contributed by atoms with Gasteiger partial charge in [-0.05, 0) is 25.5 Å². The van der Waals surface area contributed by atoms with Gasteiger partial charge in [0.15, 0.2) is 0 Å². The van der Waals surface area contributed by atoms with Crippen LogP contribution in [-0.2, 0) is 9.53 Å². The number of hydrogen-bond donors (Lipinski definition) is 1. The molecule has 5 nitrogen and oxygen atoms in total. The summed E-state index contributed by atoms with van der Waals surface area (Å²) < 4.78 is 5.11. The fourth-order valence-corrected chi connectivity index (χ4v) is 2.50. The molecule has 1 aliphatic rings. The summed E-state index contributed by atoms with van der Waals surface area (Å²) in [5, 5.41) is 3.27. The molecule has 0 unspecified atom stereocenters. The number of ether oxygens (including phenoxy) is 1. The standard InChI is InChI=1S/C15H17ClN2O3/c1-4-21-14(19)12-9(2)18(3)15(20)17-13(12)10-7-5-6-8-11(10)16/h5-8,13H,4H2,1-3H3,(H,17,20)/t13-/m0/s1. The Hall–Kier alpha value is -2.01. The van der Waals surface area contributed by atoms with E-state index in [1.54, 1.807) is 39.1 Å². The second kappa shape index (κ2) is 6.18. The molecule has 1 heterocycles. The third-order valence-corrected chi connectivity index (χ3v) is 3.81. The lowest BCUT2D eigenvalue weighted by atomic mass is 9.95. The zero-order valence-electron chi connectivity index (χ0n) is 12.1. The van der Waals surface area contributed by atoms with Gasteiger partial charge in [0, 0.05) is 17.8 Å². The number of amides is 2. The quantitative estimate of drug-likeness (QED) is 0.874. The van der Waals surface area contributed by atoms with Gasteiger partial charge >= 0.3 is 12.0 Å². The lowest BCUT2D eigenvalue weighted by Crippen LogP contribution is -2.46. The summed E-state index contributed by atoms with van der Waals surface area (Å²) in [4.78, 5) is 25.7. The van der Waals surface area contributed by atoms with E-state index < -0.39 is 12.0 Å². The van der Waals surface area contributed by atoms with Crippen molar-refractivity contribution in [3.63, 3.8) is 0 Å². The van der Waals surface area contributed by atoms with Crippen LogP contribution in [0.3, 0.4) is 0 Å². The molecule has 1 aromatic carbocycles. The third-order valence-electron chi connectivity index (χ3n) is 3.47. The third kappa shape index (κ3) is 2.88. The van der Waals surface area contributed by atoms with E-state index >= 15 is 0 Å². The van der Waals surface area contributed by atoms with Crippen LogP contribution < -0.4 is 5.32 Å². The van der Waals surface area contributed by atoms with E-state index in [2.05, 4.69) is 5.32 Å². The van der Waals surface area contributed by atoms with Crippen LogP contribution in [0.15, 0.2) is 35.5 Å². The average Bonchev–Trinajstić information content (AvgIpc) is 2.45. The summed E-state index contributed by atoms with van der Waals surface area (Å²) in [5.74, 6) is -0.452. The molecule has 112 valence electrons. The van der Waals surface area contributed by atoms with Crippen LogP contribution in [0.4, 0.5) is 4.79 Å². The molecule has 1 aliphatic heterocycles. The topological polar surface area (TPSA) is 58.6 Å². The van der Waals surface area contributed by atoms with Gasteiger partial charge in [0.2, 0.25) is 0 Å². The first-order chi connectivity index (χ1) is 9.97. The van der Waals surface area contributed by atoms with Crippen LogP contribution in [0, 0.1) is 0 Å². The highest BCUT2D eigenvalue weighted by Gasteiger charge is 2.35. The normalized spacial score (nSPS) is 18.6. The number of nitrogens with zero attached hydrogens (tertiary/aromatic N) is 1. The highest BCUT2D eigenvalue weighted by Crippen LogP contribution is 2.33. The first-order valence-corrected chi connectivity index (χ1v) is 7.01. The van der Waals surface area contributed by atoms with Crippen LogP contribution in [0.2, 0.25) is 5.02 Å². The summed E-state index contributed by atoms with van der Waals surface area (Å²) in [5.41, 5.74) is 1.62. The number of nitrogens with one attached hydrogen (secondary N) is 1. The number of hydrogen-bond acceptors (Lipinski definition) is 3. The average molecular weight is 309 g/mol. The molecule has 0 saturated heterocycles. The smallest absolute Gasteiger partial charge is 0.338 e. The van der Waals surface area contributed by atoms with E-state index in [9.17, 15) is 9.59 Å². The number of urea groups is 1. The number of carbonyl (C=O) groups is 2. The minimum absolute atomic E-state index is 0.266. The largest absolute Gasteiger partial charge is 0.463 e. The molecule has 6 heteroatoms. The van der Waals surface area contributed by atoms with Crippen LogP contribution in [0.1, 0.15) is 25.5 Å². The van der Waals surface area contributed by atoms with E-state index in [0.717, 1.165) is 0 Å². The summed E-state index contributed by atoms with van der Waals surface area (Å²) in [6.45, 7) is 3.72. The monoisotopic (exact) mass is 308 g/mol. The lowest BCUT2D eigenvalue weighted by molar-refractivity contribution is -0.139. The molecule has 1 atom stereocenters. The van der Waals surface area contributed by atoms with Gasteiger partial charge in [-0.3, -0.25) is 0 Å². The molecule has 0 spiro atoms. The maximum atomic E-state index is 12.3. The molecule has 1 N–H and O–H groups in total. The zero-order valence-corrected chi connectivity index (χ0v) is 12.9. The minimum atomic E-state index is -0.610. The van der Waals surface area contributed by atoms with Gasteiger partial charge in [-0.1, -0.05) is 29.8 Å². The second-order valence-electron chi connectivity index (χ2n) is 4.68. The van der Waals surface area contributed by atoms with Crippen molar-refractivity contribution >= 4 is 23.6 Å². The van der Waals surface area contributed by atoms with Crippen molar-refractivity contribution in [2.75, 3.05) is 13.7 Å². The van der Waals surface area contributed by atoms with Gasteiger partial charge in [-0.25, -0.2) is 9.59 Å². The van der Waals surface area contributed by atoms with Crippen molar-refractivity contribution in [3.8, 4) is 0 Å². The molecule has 2 amide bonds. The van der Waals surface area contributed by atoms with E-state index in [4.69, 9.17) is 16.3 Å². The summed E-state index contributed by atoms with van der Waals surface area (Å²) in [6, 6.07) is 6.21. The van der Waals surface area contributed by atoms with Crippen LogP contribution in [-0.4, -0.2) is 30.6 Å². The predicted octanol–water partition coefficient (Wildman–Crippen LogP) is 2.87. The Morgan fingerprint density at radius 3 is 2.71 bits per heavy atom. The Kier molecular flexibility index (Phi) is 4.53. The van der Waals surface area contributed by atoms with Gasteiger partial charge < -0.3 is 15.0 Å². The van der Waals surface area contributed by atoms with E-state index in [0.29, 0.717) is 21.9 Å². The number of rotatable bonds is 3. The number of carbonyl (C=O) groups excluding carboxylic acids is 2. The lowest BCUT2D eigenvalue weighted by Gasteiger charge is -2.33. The van der Waals surface area contributed by atoms with Crippen molar-refractivity contribution in [2.24, 2.45) is 0 Å². The maximum absolute atomic E-state index is 12.3. The molecule has 2 rings (SSSR count). The van der Waals surface area contributed by atoms with Crippen LogP contribution in [0.25, 0.3) is 0 Å². The first kappa shape index (κ1) is 15.4. The number of benzene rings is 1. The van der Waals surface area contributed by atoms with E-state index in [-0.39, 0.29) is 12.6 Å². The van der Waals surface area contributed by atoms with Crippen molar-refractivity contribution in [2.45, 2.75) is 19.9 Å². The SMILES string of the molecule is CCOC(=O)C1=C(C)N(C)C(=O)N[C@H]1c1ccccc1Cl. The summed E-state index contributed by atoms with van der Waals surface area (Å²) >= 11 is 6.20. The van der Waals surface area contributed by atoms with Gasteiger partial charge in [-0.15, -0.1) is 0 Å². The fraction of sp³-hybridized carbons (Fsp3) is 0.333. The Bertz CT molecular complexity index is 613. The summed E-state index contributed by atoms with van der Waals surface area (Å²) in [7, 11) is 1.60. The Labute approximate surface area is 128 Å². The van der Waals surface area contributed by atoms with Crippen LogP contribution in [0.5, 0.6) is 0 Å². The fourth-order valence-electron chi connectivity index (χ4n) is 2.25. The number of allylic oxidation sites excluding steroid dienone is 1. The molecule has 0 saturated carbocycles. The molecule has 0 fully saturated rings. The van der Waals surface area contributed by atoms with Crippen molar-refractivity contribution in [1.29, 1.82) is 0 Å². The highest BCUT2D eigenvalue weighted by molar-refractivity contribution is 6.31. The van der Waals surface area contributed by atoms with Gasteiger partial charge in [0.25, 0.3) is 0 Å². The van der Waals surface area contributed by atoms with E-state index in [1.807, 2.05) is 6.07 Å². The molecular formula is C15H17ClN2O3. The molecule has 0 aromatic heterocycles. The Morgan fingerprint density at radius 2 is 2.10 bits per heavy atom. The summed E-state index contributed by atoms with van der Waals surface area (Å²) in [6.07, 6.45) is 0. The van der Waals surface area contributed by atoms with Gasteiger partial charge in [0.1, 0.15) is 0 Å². The first-order valence-electron chi connectivity index (χ1n) is 6.63. The van der Waals surface area contributed by atoms with Crippen LogP contribution >= 0.6 is 11.6 Å².